The van der Waals surface area contributed by atoms with E-state index in [1.807, 2.05) is 49.7 Å². The van der Waals surface area contributed by atoms with E-state index in [2.05, 4.69) is 4.98 Å². The van der Waals surface area contributed by atoms with E-state index in [9.17, 15) is 4.79 Å². The molecule has 16 heavy (non-hydrogen) atoms. The number of para-hydroxylation sites is 2. The van der Waals surface area contributed by atoms with Crippen molar-refractivity contribution >= 4 is 16.8 Å². The van der Waals surface area contributed by atoms with E-state index < -0.39 is 5.41 Å². The van der Waals surface area contributed by atoms with Crippen LogP contribution in [0, 0.1) is 0 Å². The number of aromatic nitrogens is 2. The van der Waals surface area contributed by atoms with Gasteiger partial charge in [-0.15, -0.1) is 0 Å². The lowest BCUT2D eigenvalue weighted by Crippen LogP contribution is -2.29. The van der Waals surface area contributed by atoms with Gasteiger partial charge in [-0.1, -0.05) is 12.1 Å². The van der Waals surface area contributed by atoms with Crippen molar-refractivity contribution in [3.8, 4) is 0 Å². The highest BCUT2D eigenvalue weighted by molar-refractivity contribution is 5.87. The first-order valence-electron chi connectivity index (χ1n) is 5.37. The molecule has 0 saturated carbocycles. The zero-order valence-electron chi connectivity index (χ0n) is 10.1. The predicted molar refractivity (Wildman–Crippen MR) is 64.4 cm³/mol. The van der Waals surface area contributed by atoms with Gasteiger partial charge in [0.05, 0.1) is 16.4 Å². The molecular formula is C13H16N2O. The van der Waals surface area contributed by atoms with Crippen LogP contribution in [-0.2, 0) is 17.3 Å². The molecule has 0 fully saturated rings. The van der Waals surface area contributed by atoms with Crippen molar-refractivity contribution in [1.29, 1.82) is 0 Å². The second-order valence-corrected chi connectivity index (χ2v) is 4.66. The summed E-state index contributed by atoms with van der Waals surface area (Å²) in [5.74, 6) is 0.951. The SMILES string of the molecule is CC(=O)C(C)(C)c1nc2ccccc2n1C. The Morgan fingerprint density at radius 2 is 1.94 bits per heavy atom. The Labute approximate surface area is 95.1 Å². The van der Waals surface area contributed by atoms with Gasteiger partial charge in [0.15, 0.2) is 0 Å². The molecule has 0 bridgehead atoms. The van der Waals surface area contributed by atoms with Crippen molar-refractivity contribution in [1.82, 2.24) is 9.55 Å². The van der Waals surface area contributed by atoms with Gasteiger partial charge in [-0.3, -0.25) is 4.79 Å². The van der Waals surface area contributed by atoms with E-state index in [1.165, 1.54) is 0 Å². The van der Waals surface area contributed by atoms with Crippen LogP contribution >= 0.6 is 0 Å². The van der Waals surface area contributed by atoms with Gasteiger partial charge in [-0.2, -0.15) is 0 Å². The standard InChI is InChI=1S/C13H16N2O/c1-9(16)13(2,3)12-14-10-7-5-6-8-11(10)15(12)4/h5-8H,1-4H3. The van der Waals surface area contributed by atoms with Crippen molar-refractivity contribution in [2.75, 3.05) is 0 Å². The highest BCUT2D eigenvalue weighted by Crippen LogP contribution is 2.26. The van der Waals surface area contributed by atoms with Gasteiger partial charge in [-0.25, -0.2) is 4.98 Å². The smallest absolute Gasteiger partial charge is 0.142 e. The van der Waals surface area contributed by atoms with E-state index in [0.717, 1.165) is 16.9 Å². The van der Waals surface area contributed by atoms with Gasteiger partial charge in [0.2, 0.25) is 0 Å². The molecule has 84 valence electrons. The minimum absolute atomic E-state index is 0.130. The number of carbonyl (C=O) groups is 1. The minimum atomic E-state index is -0.534. The van der Waals surface area contributed by atoms with Gasteiger partial charge < -0.3 is 4.57 Å². The van der Waals surface area contributed by atoms with Crippen LogP contribution in [0.4, 0.5) is 0 Å². The van der Waals surface area contributed by atoms with Crippen LogP contribution in [0.1, 0.15) is 26.6 Å². The molecule has 0 radical (unpaired) electrons. The highest BCUT2D eigenvalue weighted by Gasteiger charge is 2.31. The molecule has 0 saturated heterocycles. The lowest BCUT2D eigenvalue weighted by molar-refractivity contribution is -0.121. The number of rotatable bonds is 2. The molecule has 1 aromatic heterocycles. The molecule has 1 aromatic carbocycles. The summed E-state index contributed by atoms with van der Waals surface area (Å²) in [5, 5.41) is 0. The number of hydrogen-bond donors (Lipinski definition) is 0. The summed E-state index contributed by atoms with van der Waals surface area (Å²) < 4.78 is 2.00. The molecule has 2 rings (SSSR count). The van der Waals surface area contributed by atoms with Crippen LogP contribution in [0.5, 0.6) is 0 Å². The molecule has 0 spiro atoms. The Hall–Kier alpha value is -1.64. The fourth-order valence-corrected chi connectivity index (χ4v) is 1.86. The van der Waals surface area contributed by atoms with Crippen LogP contribution in [0.25, 0.3) is 11.0 Å². The van der Waals surface area contributed by atoms with Gasteiger partial charge >= 0.3 is 0 Å². The lowest BCUT2D eigenvalue weighted by Gasteiger charge is -2.20. The monoisotopic (exact) mass is 216 g/mol. The molecule has 3 nitrogen and oxygen atoms in total. The number of imidazole rings is 1. The summed E-state index contributed by atoms with van der Waals surface area (Å²) in [5.41, 5.74) is 1.47. The van der Waals surface area contributed by atoms with Gasteiger partial charge in [0.25, 0.3) is 0 Å². The first-order chi connectivity index (χ1) is 7.44. The Morgan fingerprint density at radius 3 is 2.50 bits per heavy atom. The van der Waals surface area contributed by atoms with Crippen LogP contribution in [0.2, 0.25) is 0 Å². The van der Waals surface area contributed by atoms with Gasteiger partial charge in [0.1, 0.15) is 11.6 Å². The highest BCUT2D eigenvalue weighted by atomic mass is 16.1. The topological polar surface area (TPSA) is 34.9 Å². The fourth-order valence-electron chi connectivity index (χ4n) is 1.86. The summed E-state index contributed by atoms with van der Waals surface area (Å²) in [6.07, 6.45) is 0. The number of hydrogen-bond acceptors (Lipinski definition) is 2. The molecule has 0 aliphatic rings. The number of ketones is 1. The van der Waals surface area contributed by atoms with E-state index in [0.29, 0.717) is 0 Å². The van der Waals surface area contributed by atoms with Crippen LogP contribution in [0.15, 0.2) is 24.3 Å². The Morgan fingerprint density at radius 1 is 1.31 bits per heavy atom. The quantitative estimate of drug-likeness (QED) is 0.772. The van der Waals surface area contributed by atoms with Crippen molar-refractivity contribution in [2.45, 2.75) is 26.2 Å². The van der Waals surface area contributed by atoms with E-state index in [-0.39, 0.29) is 5.78 Å². The molecular weight excluding hydrogens is 200 g/mol. The first-order valence-corrected chi connectivity index (χ1v) is 5.37. The predicted octanol–water partition coefficient (Wildman–Crippen LogP) is 2.44. The maximum absolute atomic E-state index is 11.6. The summed E-state index contributed by atoms with van der Waals surface area (Å²) in [4.78, 5) is 16.2. The average Bonchev–Trinajstić information content (AvgIpc) is 2.57. The van der Waals surface area contributed by atoms with Crippen molar-refractivity contribution in [3.63, 3.8) is 0 Å². The molecule has 0 aliphatic heterocycles. The van der Waals surface area contributed by atoms with Crippen LogP contribution < -0.4 is 0 Å². The second kappa shape index (κ2) is 3.44. The van der Waals surface area contributed by atoms with Crippen LogP contribution in [0.3, 0.4) is 0 Å². The minimum Gasteiger partial charge on any atom is -0.330 e. The summed E-state index contributed by atoms with van der Waals surface area (Å²) in [6, 6.07) is 7.92. The Kier molecular flexibility index (Phi) is 2.34. The Balaban J connectivity index is 2.71. The number of nitrogens with zero attached hydrogens (tertiary/aromatic N) is 2. The maximum atomic E-state index is 11.6. The zero-order valence-corrected chi connectivity index (χ0v) is 10.1. The van der Waals surface area contributed by atoms with E-state index in [1.54, 1.807) is 6.92 Å². The number of benzene rings is 1. The molecule has 0 amide bonds. The Bertz CT molecular complexity index is 552. The molecule has 3 heteroatoms. The second-order valence-electron chi connectivity index (χ2n) is 4.66. The number of aryl methyl sites for hydroxylation is 1. The third-order valence-corrected chi connectivity index (χ3v) is 3.23. The molecule has 0 aliphatic carbocycles. The fraction of sp³-hybridized carbons (Fsp3) is 0.385. The van der Waals surface area contributed by atoms with Crippen LogP contribution in [-0.4, -0.2) is 15.3 Å². The van der Waals surface area contributed by atoms with Crippen molar-refractivity contribution < 1.29 is 4.79 Å². The van der Waals surface area contributed by atoms with E-state index in [4.69, 9.17) is 0 Å². The lowest BCUT2D eigenvalue weighted by atomic mass is 9.88. The average molecular weight is 216 g/mol. The van der Waals surface area contributed by atoms with Crippen molar-refractivity contribution in [2.24, 2.45) is 7.05 Å². The third-order valence-electron chi connectivity index (χ3n) is 3.23. The maximum Gasteiger partial charge on any atom is 0.142 e. The largest absolute Gasteiger partial charge is 0.330 e. The molecule has 0 N–H and O–H groups in total. The summed E-state index contributed by atoms with van der Waals surface area (Å²) in [7, 11) is 1.95. The van der Waals surface area contributed by atoms with Gasteiger partial charge in [0, 0.05) is 7.05 Å². The number of Topliss-reactive ketones (excluding diaryl/α,β-unsaturated/α-hetero) is 1. The zero-order chi connectivity index (χ0) is 11.9. The molecule has 0 atom stereocenters. The van der Waals surface area contributed by atoms with E-state index >= 15 is 0 Å². The molecule has 2 aromatic rings. The molecule has 1 heterocycles. The first kappa shape index (κ1) is 10.9. The third kappa shape index (κ3) is 1.43. The molecule has 0 unspecified atom stereocenters. The van der Waals surface area contributed by atoms with Crippen molar-refractivity contribution in [3.05, 3.63) is 30.1 Å². The van der Waals surface area contributed by atoms with Gasteiger partial charge in [-0.05, 0) is 32.9 Å². The number of carbonyl (C=O) groups excluding carboxylic acids is 1. The number of fused-ring (bicyclic) bond motifs is 1. The summed E-state index contributed by atoms with van der Waals surface area (Å²) in [6.45, 7) is 5.44. The summed E-state index contributed by atoms with van der Waals surface area (Å²) >= 11 is 0. The normalized spacial score (nSPS) is 12.0.